The van der Waals surface area contributed by atoms with Crippen molar-refractivity contribution >= 4 is 11.6 Å². The summed E-state index contributed by atoms with van der Waals surface area (Å²) >= 11 is 0. The van der Waals surface area contributed by atoms with Crippen molar-refractivity contribution in [2.45, 2.75) is 38.5 Å². The zero-order valence-electron chi connectivity index (χ0n) is 13.1. The second-order valence-electron chi connectivity index (χ2n) is 6.06. The van der Waals surface area contributed by atoms with Crippen molar-refractivity contribution in [3.05, 3.63) is 70.8 Å². The van der Waals surface area contributed by atoms with E-state index in [2.05, 4.69) is 54.6 Å². The highest BCUT2D eigenvalue weighted by molar-refractivity contribution is 5.85. The molecule has 1 aliphatic rings. The summed E-state index contributed by atoms with van der Waals surface area (Å²) in [4.78, 5) is 0. The number of fused-ring (bicyclic) bond motifs is 1. The maximum Gasteiger partial charge on any atom is 0.0431 e. The Bertz CT molecular complexity index is 640. The van der Waals surface area contributed by atoms with Crippen LogP contribution in [0.3, 0.4) is 0 Å². The topological polar surface area (TPSA) is 20.2 Å². The van der Waals surface area contributed by atoms with Crippen LogP contribution in [-0.2, 0) is 12.8 Å². The lowest BCUT2D eigenvalue weighted by Crippen LogP contribution is -2.03. The molecule has 22 heavy (non-hydrogen) atoms. The Morgan fingerprint density at radius 3 is 2.50 bits per heavy atom. The number of benzene rings is 2. The summed E-state index contributed by atoms with van der Waals surface area (Å²) in [5, 5.41) is 8.91. The van der Waals surface area contributed by atoms with Crippen LogP contribution < -0.4 is 0 Å². The monoisotopic (exact) mass is 292 g/mol. The molecule has 0 spiro atoms. The molecule has 0 fully saturated rings. The zero-order valence-corrected chi connectivity index (χ0v) is 13.1. The van der Waals surface area contributed by atoms with Crippen LogP contribution >= 0.6 is 0 Å². The first kappa shape index (κ1) is 15.1. The highest BCUT2D eigenvalue weighted by Gasteiger charge is 2.14. The molecule has 0 radical (unpaired) electrons. The van der Waals surface area contributed by atoms with Gasteiger partial charge in [-0.15, -0.1) is 0 Å². The van der Waals surface area contributed by atoms with E-state index in [9.17, 15) is 0 Å². The second-order valence-corrected chi connectivity index (χ2v) is 6.06. The summed E-state index contributed by atoms with van der Waals surface area (Å²) in [6.45, 7) is 0.310. The number of aliphatic hydroxyl groups is 1. The smallest absolute Gasteiger partial charge is 0.0431 e. The van der Waals surface area contributed by atoms with E-state index in [1.165, 1.54) is 27.8 Å². The molecular formula is C21H24O. The highest BCUT2D eigenvalue weighted by atomic mass is 16.2. The van der Waals surface area contributed by atoms with Crippen LogP contribution in [0.25, 0.3) is 11.6 Å². The van der Waals surface area contributed by atoms with Crippen LogP contribution in [0, 0.1) is 0 Å². The minimum Gasteiger partial charge on any atom is -0.396 e. The normalized spacial score (nSPS) is 13.6. The molecule has 0 saturated carbocycles. The summed E-state index contributed by atoms with van der Waals surface area (Å²) in [5.41, 5.74) is 7.19. The zero-order chi connectivity index (χ0) is 15.2. The third-order valence-electron chi connectivity index (χ3n) is 4.52. The van der Waals surface area contributed by atoms with E-state index in [-0.39, 0.29) is 0 Å². The van der Waals surface area contributed by atoms with E-state index in [1.54, 1.807) is 0 Å². The molecular weight excluding hydrogens is 268 g/mol. The van der Waals surface area contributed by atoms with Gasteiger partial charge in [-0.2, -0.15) is 0 Å². The predicted molar refractivity (Wildman–Crippen MR) is 93.7 cm³/mol. The fourth-order valence-electron chi connectivity index (χ4n) is 3.29. The SMILES string of the molecule is OCCCCCc1cccc2c1C=C(c1ccccc1)CC2. The molecule has 0 aromatic heterocycles. The van der Waals surface area contributed by atoms with Gasteiger partial charge in [0.15, 0.2) is 0 Å². The Morgan fingerprint density at radius 2 is 1.68 bits per heavy atom. The molecule has 0 amide bonds. The fourth-order valence-corrected chi connectivity index (χ4v) is 3.29. The minimum absolute atomic E-state index is 0.310. The first-order valence-corrected chi connectivity index (χ1v) is 8.36. The van der Waals surface area contributed by atoms with Gasteiger partial charge in [0.05, 0.1) is 0 Å². The maximum atomic E-state index is 8.91. The highest BCUT2D eigenvalue weighted by Crippen LogP contribution is 2.32. The molecule has 1 N–H and O–H groups in total. The van der Waals surface area contributed by atoms with Crippen LogP contribution in [0.2, 0.25) is 0 Å². The lowest BCUT2D eigenvalue weighted by molar-refractivity contribution is 0.283. The molecule has 114 valence electrons. The lowest BCUT2D eigenvalue weighted by Gasteiger charge is -2.20. The van der Waals surface area contributed by atoms with Gasteiger partial charge >= 0.3 is 0 Å². The molecule has 2 aromatic rings. The number of allylic oxidation sites excluding steroid dienone is 1. The molecule has 0 aliphatic heterocycles. The summed E-state index contributed by atoms with van der Waals surface area (Å²) in [6, 6.07) is 17.5. The van der Waals surface area contributed by atoms with Crippen molar-refractivity contribution < 1.29 is 5.11 Å². The van der Waals surface area contributed by atoms with Crippen LogP contribution in [0.1, 0.15) is 47.9 Å². The summed E-state index contributed by atoms with van der Waals surface area (Å²) in [7, 11) is 0. The molecule has 3 rings (SSSR count). The van der Waals surface area contributed by atoms with Gasteiger partial charge in [-0.25, -0.2) is 0 Å². The molecule has 0 unspecified atom stereocenters. The van der Waals surface area contributed by atoms with Crippen molar-refractivity contribution in [1.82, 2.24) is 0 Å². The largest absolute Gasteiger partial charge is 0.396 e. The Kier molecular flexibility index (Phi) is 5.07. The van der Waals surface area contributed by atoms with Crippen LogP contribution in [0.4, 0.5) is 0 Å². The average molecular weight is 292 g/mol. The number of unbranched alkanes of at least 4 members (excludes halogenated alkanes) is 2. The predicted octanol–water partition coefficient (Wildman–Crippen LogP) is 4.88. The van der Waals surface area contributed by atoms with Gasteiger partial charge in [0.2, 0.25) is 0 Å². The van der Waals surface area contributed by atoms with Gasteiger partial charge in [-0.1, -0.05) is 61.0 Å². The molecule has 1 aliphatic carbocycles. The average Bonchev–Trinajstić information content (AvgIpc) is 2.59. The molecule has 0 saturated heterocycles. The Morgan fingerprint density at radius 1 is 0.818 bits per heavy atom. The van der Waals surface area contributed by atoms with Crippen molar-refractivity contribution in [2.24, 2.45) is 0 Å². The standard InChI is InChI=1S/C21H24O/c22-15-6-2-5-10-18-11-7-12-19-13-14-20(16-21(18)19)17-8-3-1-4-9-17/h1,3-4,7-9,11-12,16,22H,2,5-6,10,13-15H2. The van der Waals surface area contributed by atoms with Crippen molar-refractivity contribution in [2.75, 3.05) is 6.61 Å². The molecule has 0 atom stereocenters. The number of hydrogen-bond donors (Lipinski definition) is 1. The Labute approximate surface area is 133 Å². The fraction of sp³-hybridized carbons (Fsp3) is 0.333. The van der Waals surface area contributed by atoms with Gasteiger partial charge in [0.1, 0.15) is 0 Å². The number of aryl methyl sites for hydroxylation is 2. The molecule has 0 heterocycles. The van der Waals surface area contributed by atoms with Crippen molar-refractivity contribution in [3.63, 3.8) is 0 Å². The third kappa shape index (κ3) is 3.48. The van der Waals surface area contributed by atoms with E-state index in [4.69, 9.17) is 5.11 Å². The van der Waals surface area contributed by atoms with E-state index < -0.39 is 0 Å². The number of hydrogen-bond acceptors (Lipinski definition) is 1. The summed E-state index contributed by atoms with van der Waals surface area (Å²) in [6.07, 6.45) is 8.96. The summed E-state index contributed by atoms with van der Waals surface area (Å²) in [5.74, 6) is 0. The van der Waals surface area contributed by atoms with Gasteiger partial charge in [0.25, 0.3) is 0 Å². The first-order chi connectivity index (χ1) is 10.9. The van der Waals surface area contributed by atoms with E-state index >= 15 is 0 Å². The van der Waals surface area contributed by atoms with E-state index in [1.807, 2.05) is 0 Å². The third-order valence-corrected chi connectivity index (χ3v) is 4.52. The Balaban J connectivity index is 1.84. The van der Waals surface area contributed by atoms with E-state index in [0.717, 1.165) is 38.5 Å². The van der Waals surface area contributed by atoms with Crippen LogP contribution in [-0.4, -0.2) is 11.7 Å². The molecule has 1 heteroatoms. The number of rotatable bonds is 6. The molecule has 1 nitrogen and oxygen atoms in total. The van der Waals surface area contributed by atoms with Crippen LogP contribution in [0.15, 0.2) is 48.5 Å². The van der Waals surface area contributed by atoms with Gasteiger partial charge in [-0.05, 0) is 59.9 Å². The minimum atomic E-state index is 0.310. The van der Waals surface area contributed by atoms with Crippen LogP contribution in [0.5, 0.6) is 0 Å². The molecule has 0 bridgehead atoms. The van der Waals surface area contributed by atoms with E-state index in [0.29, 0.717) is 6.61 Å². The quantitative estimate of drug-likeness (QED) is 0.752. The van der Waals surface area contributed by atoms with Crippen molar-refractivity contribution in [1.29, 1.82) is 0 Å². The Hall–Kier alpha value is -1.86. The maximum absolute atomic E-state index is 8.91. The van der Waals surface area contributed by atoms with Gasteiger partial charge in [-0.3, -0.25) is 0 Å². The summed E-state index contributed by atoms with van der Waals surface area (Å²) < 4.78 is 0. The first-order valence-electron chi connectivity index (χ1n) is 8.36. The lowest BCUT2D eigenvalue weighted by atomic mass is 9.85. The second kappa shape index (κ2) is 7.42. The van der Waals surface area contributed by atoms with Gasteiger partial charge in [0, 0.05) is 6.61 Å². The molecule has 2 aromatic carbocycles. The number of aliphatic hydroxyl groups excluding tert-OH is 1. The van der Waals surface area contributed by atoms with Gasteiger partial charge < -0.3 is 5.11 Å². The van der Waals surface area contributed by atoms with Crippen molar-refractivity contribution in [3.8, 4) is 0 Å².